The minimum atomic E-state index is -0.563. The smallest absolute Gasteiger partial charge is 0.310 e. The molecule has 3 atom stereocenters. The molecule has 15 heavy (non-hydrogen) atoms. The van der Waals surface area contributed by atoms with E-state index in [0.717, 1.165) is 25.7 Å². The molecule has 2 saturated carbocycles. The second-order valence-corrected chi connectivity index (χ2v) is 5.53. The number of carboxylic acid groups (broad SMARTS) is 1. The first-order valence-electron chi connectivity index (χ1n) is 5.91. The van der Waals surface area contributed by atoms with Crippen molar-refractivity contribution < 1.29 is 9.90 Å². The molecule has 0 radical (unpaired) electrons. The molecular weight excluding hydrogens is 188 g/mol. The summed E-state index contributed by atoms with van der Waals surface area (Å²) < 4.78 is 0. The van der Waals surface area contributed by atoms with Crippen molar-refractivity contribution in [3.05, 3.63) is 11.6 Å². The SMILES string of the molecule is CC(C)=CCC1(C(=O)O)CC2CCC1C2. The third-order valence-corrected chi connectivity index (χ3v) is 4.28. The van der Waals surface area contributed by atoms with Crippen LogP contribution < -0.4 is 0 Å². The Bertz CT molecular complexity index is 302. The topological polar surface area (TPSA) is 37.3 Å². The summed E-state index contributed by atoms with van der Waals surface area (Å²) in [5.41, 5.74) is 0.818. The Morgan fingerprint density at radius 1 is 1.47 bits per heavy atom. The molecule has 0 aliphatic heterocycles. The van der Waals surface area contributed by atoms with Crippen molar-refractivity contribution in [3.63, 3.8) is 0 Å². The molecule has 0 heterocycles. The van der Waals surface area contributed by atoms with Gasteiger partial charge in [-0.2, -0.15) is 0 Å². The standard InChI is InChI=1S/C13H20O2/c1-9(2)5-6-13(12(14)15)8-10-3-4-11(13)7-10/h5,10-11H,3-4,6-8H2,1-2H3,(H,14,15). The molecule has 2 rings (SSSR count). The summed E-state index contributed by atoms with van der Waals surface area (Å²) in [7, 11) is 0. The van der Waals surface area contributed by atoms with Gasteiger partial charge in [-0.25, -0.2) is 0 Å². The third kappa shape index (κ3) is 1.70. The van der Waals surface area contributed by atoms with E-state index in [2.05, 4.69) is 6.08 Å². The summed E-state index contributed by atoms with van der Waals surface area (Å²) in [6, 6.07) is 0. The second-order valence-electron chi connectivity index (χ2n) is 5.53. The summed E-state index contributed by atoms with van der Waals surface area (Å²) in [5.74, 6) is 0.569. The largest absolute Gasteiger partial charge is 0.481 e. The summed E-state index contributed by atoms with van der Waals surface area (Å²) in [5, 5.41) is 9.47. The Morgan fingerprint density at radius 3 is 2.60 bits per heavy atom. The van der Waals surface area contributed by atoms with Gasteiger partial charge < -0.3 is 5.11 Å². The van der Waals surface area contributed by atoms with Crippen LogP contribution in [-0.2, 0) is 4.79 Å². The molecule has 0 aromatic rings. The average Bonchev–Trinajstić information content (AvgIpc) is 2.74. The van der Waals surface area contributed by atoms with Crippen LogP contribution in [0.5, 0.6) is 0 Å². The molecule has 0 saturated heterocycles. The Kier molecular flexibility index (Phi) is 2.61. The molecule has 2 heteroatoms. The van der Waals surface area contributed by atoms with E-state index in [9.17, 15) is 9.90 Å². The minimum absolute atomic E-state index is 0.416. The van der Waals surface area contributed by atoms with E-state index >= 15 is 0 Å². The van der Waals surface area contributed by atoms with Gasteiger partial charge in [0.05, 0.1) is 5.41 Å². The minimum Gasteiger partial charge on any atom is -0.481 e. The molecule has 2 aliphatic carbocycles. The van der Waals surface area contributed by atoms with E-state index in [0.29, 0.717) is 11.8 Å². The molecule has 0 aromatic heterocycles. The van der Waals surface area contributed by atoms with Gasteiger partial charge in [-0.3, -0.25) is 4.79 Å². The highest BCUT2D eigenvalue weighted by Gasteiger charge is 2.54. The fraction of sp³-hybridized carbons (Fsp3) is 0.769. The maximum atomic E-state index is 11.5. The maximum absolute atomic E-state index is 11.5. The number of hydrogen-bond acceptors (Lipinski definition) is 1. The van der Waals surface area contributed by atoms with Gasteiger partial charge in [0, 0.05) is 0 Å². The molecule has 3 unspecified atom stereocenters. The van der Waals surface area contributed by atoms with Gasteiger partial charge in [0.2, 0.25) is 0 Å². The summed E-state index contributed by atoms with van der Waals surface area (Å²) in [4.78, 5) is 11.5. The van der Waals surface area contributed by atoms with Gasteiger partial charge >= 0.3 is 5.97 Å². The Morgan fingerprint density at radius 2 is 2.20 bits per heavy atom. The van der Waals surface area contributed by atoms with Gasteiger partial charge in [0.1, 0.15) is 0 Å². The van der Waals surface area contributed by atoms with Crippen LogP contribution in [-0.4, -0.2) is 11.1 Å². The monoisotopic (exact) mass is 208 g/mol. The van der Waals surface area contributed by atoms with E-state index in [4.69, 9.17) is 0 Å². The van der Waals surface area contributed by atoms with Crippen LogP contribution in [0.3, 0.4) is 0 Å². The van der Waals surface area contributed by atoms with Crippen LogP contribution in [0.4, 0.5) is 0 Å². The van der Waals surface area contributed by atoms with Gasteiger partial charge in [0.25, 0.3) is 0 Å². The summed E-state index contributed by atoms with van der Waals surface area (Å²) >= 11 is 0. The fourth-order valence-electron chi connectivity index (χ4n) is 3.43. The first-order valence-corrected chi connectivity index (χ1v) is 5.91. The van der Waals surface area contributed by atoms with E-state index in [1.165, 1.54) is 12.0 Å². The van der Waals surface area contributed by atoms with Crippen molar-refractivity contribution in [1.29, 1.82) is 0 Å². The Labute approximate surface area is 91.4 Å². The number of rotatable bonds is 3. The highest BCUT2D eigenvalue weighted by atomic mass is 16.4. The van der Waals surface area contributed by atoms with Gasteiger partial charge in [0.15, 0.2) is 0 Å². The van der Waals surface area contributed by atoms with E-state index in [1.807, 2.05) is 13.8 Å². The zero-order chi connectivity index (χ0) is 11.1. The number of carboxylic acids is 1. The number of hydrogen-bond donors (Lipinski definition) is 1. The molecule has 2 fully saturated rings. The molecular formula is C13H20O2. The predicted molar refractivity (Wildman–Crippen MR) is 59.6 cm³/mol. The summed E-state index contributed by atoms with van der Waals surface area (Å²) in [6.45, 7) is 4.09. The Balaban J connectivity index is 2.19. The lowest BCUT2D eigenvalue weighted by molar-refractivity contribution is -0.152. The van der Waals surface area contributed by atoms with Crippen molar-refractivity contribution in [1.82, 2.24) is 0 Å². The zero-order valence-corrected chi connectivity index (χ0v) is 9.62. The van der Waals surface area contributed by atoms with Gasteiger partial charge in [-0.15, -0.1) is 0 Å². The lowest BCUT2D eigenvalue weighted by atomic mass is 9.70. The fourth-order valence-corrected chi connectivity index (χ4v) is 3.43. The highest BCUT2D eigenvalue weighted by molar-refractivity contribution is 5.76. The van der Waals surface area contributed by atoms with Crippen molar-refractivity contribution in [2.45, 2.75) is 46.0 Å². The first-order chi connectivity index (χ1) is 7.04. The average molecular weight is 208 g/mol. The van der Waals surface area contributed by atoms with Crippen LogP contribution in [0.2, 0.25) is 0 Å². The van der Waals surface area contributed by atoms with Crippen molar-refractivity contribution in [2.75, 3.05) is 0 Å². The van der Waals surface area contributed by atoms with Crippen LogP contribution >= 0.6 is 0 Å². The van der Waals surface area contributed by atoms with Crippen molar-refractivity contribution in [3.8, 4) is 0 Å². The Hall–Kier alpha value is -0.790. The highest BCUT2D eigenvalue weighted by Crippen LogP contribution is 2.57. The normalized spacial score (nSPS) is 38.0. The van der Waals surface area contributed by atoms with Crippen LogP contribution in [0.25, 0.3) is 0 Å². The predicted octanol–water partition coefficient (Wildman–Crippen LogP) is 3.23. The third-order valence-electron chi connectivity index (χ3n) is 4.28. The number of carbonyl (C=O) groups is 1. The number of allylic oxidation sites excluding steroid dienone is 2. The second kappa shape index (κ2) is 3.66. The number of fused-ring (bicyclic) bond motifs is 2. The molecule has 0 aromatic carbocycles. The van der Waals surface area contributed by atoms with Crippen molar-refractivity contribution in [2.24, 2.45) is 17.3 Å². The van der Waals surface area contributed by atoms with E-state index < -0.39 is 11.4 Å². The van der Waals surface area contributed by atoms with Crippen LogP contribution in [0, 0.1) is 17.3 Å². The molecule has 84 valence electrons. The molecule has 1 N–H and O–H groups in total. The quantitative estimate of drug-likeness (QED) is 0.723. The molecule has 0 amide bonds. The van der Waals surface area contributed by atoms with E-state index in [-0.39, 0.29) is 0 Å². The van der Waals surface area contributed by atoms with Crippen LogP contribution in [0.1, 0.15) is 46.0 Å². The van der Waals surface area contributed by atoms with E-state index in [1.54, 1.807) is 0 Å². The molecule has 0 spiro atoms. The van der Waals surface area contributed by atoms with Crippen molar-refractivity contribution >= 4 is 5.97 Å². The van der Waals surface area contributed by atoms with Crippen LogP contribution in [0.15, 0.2) is 11.6 Å². The lowest BCUT2D eigenvalue weighted by Crippen LogP contribution is -2.36. The number of aliphatic carboxylic acids is 1. The zero-order valence-electron chi connectivity index (χ0n) is 9.62. The maximum Gasteiger partial charge on any atom is 0.310 e. The van der Waals surface area contributed by atoms with Gasteiger partial charge in [-0.1, -0.05) is 18.1 Å². The molecule has 2 nitrogen and oxygen atoms in total. The lowest BCUT2D eigenvalue weighted by Gasteiger charge is -2.32. The molecule has 2 aliphatic rings. The molecule has 2 bridgehead atoms. The van der Waals surface area contributed by atoms with Gasteiger partial charge in [-0.05, 0) is 51.4 Å². The first kappa shape index (κ1) is 10.7. The summed E-state index contributed by atoms with van der Waals surface area (Å²) in [6.07, 6.45) is 7.31.